The van der Waals surface area contributed by atoms with E-state index in [1.807, 2.05) is 84.9 Å². The highest BCUT2D eigenvalue weighted by atomic mass is 16.1. The second-order valence-electron chi connectivity index (χ2n) is 6.79. The van der Waals surface area contributed by atoms with E-state index in [0.29, 0.717) is 22.3 Å². The third kappa shape index (κ3) is 4.43. The summed E-state index contributed by atoms with van der Waals surface area (Å²) < 4.78 is 0. The molecule has 0 fully saturated rings. The maximum absolute atomic E-state index is 12.5. The standard InChI is InChI=1S/C28H18O2/c29-27(23-7-3-1-4-8-23)25-17-13-21(14-18-25)11-12-22-15-19-26(20-16-22)28(30)24-9-5-2-6-10-24/h1-10,13-20H. The van der Waals surface area contributed by atoms with Crippen molar-refractivity contribution >= 4 is 11.6 Å². The van der Waals surface area contributed by atoms with Crippen LogP contribution in [0.1, 0.15) is 43.0 Å². The fourth-order valence-electron chi connectivity index (χ4n) is 3.07. The zero-order chi connectivity index (χ0) is 20.8. The Balaban J connectivity index is 1.46. The zero-order valence-electron chi connectivity index (χ0n) is 16.2. The van der Waals surface area contributed by atoms with Crippen molar-refractivity contribution in [2.75, 3.05) is 0 Å². The number of hydrogen-bond acceptors (Lipinski definition) is 2. The number of ketones is 2. The van der Waals surface area contributed by atoms with Gasteiger partial charge in [0.2, 0.25) is 0 Å². The predicted molar refractivity (Wildman–Crippen MR) is 119 cm³/mol. The summed E-state index contributed by atoms with van der Waals surface area (Å²) in [7, 11) is 0. The monoisotopic (exact) mass is 386 g/mol. The van der Waals surface area contributed by atoms with Gasteiger partial charge in [-0.15, -0.1) is 0 Å². The van der Waals surface area contributed by atoms with Crippen molar-refractivity contribution in [3.8, 4) is 11.8 Å². The summed E-state index contributed by atoms with van der Waals surface area (Å²) in [5, 5.41) is 0. The van der Waals surface area contributed by atoms with Crippen LogP contribution in [0.15, 0.2) is 109 Å². The van der Waals surface area contributed by atoms with Gasteiger partial charge >= 0.3 is 0 Å². The van der Waals surface area contributed by atoms with Gasteiger partial charge in [-0.25, -0.2) is 0 Å². The molecule has 0 saturated carbocycles. The Morgan fingerprint density at radius 1 is 0.400 bits per heavy atom. The van der Waals surface area contributed by atoms with E-state index < -0.39 is 0 Å². The molecule has 4 aromatic rings. The van der Waals surface area contributed by atoms with E-state index in [0.717, 1.165) is 11.1 Å². The van der Waals surface area contributed by atoms with Gasteiger partial charge in [0.25, 0.3) is 0 Å². The van der Waals surface area contributed by atoms with Crippen LogP contribution in [-0.2, 0) is 0 Å². The van der Waals surface area contributed by atoms with Crippen LogP contribution < -0.4 is 0 Å². The number of hydrogen-bond donors (Lipinski definition) is 0. The van der Waals surface area contributed by atoms with Crippen LogP contribution in [0.25, 0.3) is 0 Å². The molecule has 2 heteroatoms. The Bertz CT molecular complexity index is 1130. The van der Waals surface area contributed by atoms with Crippen LogP contribution in [-0.4, -0.2) is 11.6 Å². The van der Waals surface area contributed by atoms with E-state index in [1.165, 1.54) is 0 Å². The minimum atomic E-state index is -0.00576. The largest absolute Gasteiger partial charge is 0.289 e. The molecule has 0 aromatic heterocycles. The maximum atomic E-state index is 12.5. The molecular weight excluding hydrogens is 368 g/mol. The van der Waals surface area contributed by atoms with E-state index in [-0.39, 0.29) is 11.6 Å². The summed E-state index contributed by atoms with van der Waals surface area (Å²) in [4.78, 5) is 24.9. The minimum absolute atomic E-state index is 0.00576. The molecule has 0 aliphatic rings. The Morgan fingerprint density at radius 2 is 0.700 bits per heavy atom. The number of carbonyl (C=O) groups excluding carboxylic acids is 2. The first-order valence-corrected chi connectivity index (χ1v) is 9.62. The fraction of sp³-hybridized carbons (Fsp3) is 0. The summed E-state index contributed by atoms with van der Waals surface area (Å²) in [5.74, 6) is 6.19. The SMILES string of the molecule is O=C(c1ccccc1)c1ccc(C#Cc2ccc(C(=O)c3ccccc3)cc2)cc1. The summed E-state index contributed by atoms with van der Waals surface area (Å²) in [6.07, 6.45) is 0. The minimum Gasteiger partial charge on any atom is -0.289 e. The van der Waals surface area contributed by atoms with Gasteiger partial charge in [0, 0.05) is 33.4 Å². The lowest BCUT2D eigenvalue weighted by Crippen LogP contribution is -2.00. The van der Waals surface area contributed by atoms with Gasteiger partial charge in [-0.3, -0.25) is 9.59 Å². The predicted octanol–water partition coefficient (Wildman–Crippen LogP) is 5.55. The second-order valence-corrected chi connectivity index (χ2v) is 6.79. The Labute approximate surface area is 175 Å². The number of rotatable bonds is 4. The lowest BCUT2D eigenvalue weighted by Gasteiger charge is -2.01. The van der Waals surface area contributed by atoms with Crippen LogP contribution in [0.2, 0.25) is 0 Å². The molecule has 4 rings (SSSR count). The van der Waals surface area contributed by atoms with E-state index in [2.05, 4.69) is 11.8 Å². The normalized spacial score (nSPS) is 10.0. The Hall–Kier alpha value is -4.22. The van der Waals surface area contributed by atoms with Gasteiger partial charge < -0.3 is 0 Å². The highest BCUT2D eigenvalue weighted by Gasteiger charge is 2.08. The van der Waals surface area contributed by atoms with Gasteiger partial charge in [-0.05, 0) is 48.5 Å². The van der Waals surface area contributed by atoms with Crippen molar-refractivity contribution in [3.05, 3.63) is 143 Å². The Kier molecular flexibility index (Phi) is 5.64. The van der Waals surface area contributed by atoms with Gasteiger partial charge in [-0.1, -0.05) is 72.5 Å². The molecule has 0 aliphatic heterocycles. The van der Waals surface area contributed by atoms with Crippen molar-refractivity contribution in [3.63, 3.8) is 0 Å². The quantitative estimate of drug-likeness (QED) is 0.340. The molecule has 0 spiro atoms. The first-order valence-electron chi connectivity index (χ1n) is 9.62. The van der Waals surface area contributed by atoms with Gasteiger partial charge in [0.1, 0.15) is 0 Å². The molecule has 0 N–H and O–H groups in total. The van der Waals surface area contributed by atoms with Crippen LogP contribution in [0.3, 0.4) is 0 Å². The molecule has 4 aromatic carbocycles. The van der Waals surface area contributed by atoms with E-state index in [9.17, 15) is 9.59 Å². The van der Waals surface area contributed by atoms with Gasteiger partial charge in [0.05, 0.1) is 0 Å². The number of benzene rings is 4. The van der Waals surface area contributed by atoms with Crippen LogP contribution in [0.5, 0.6) is 0 Å². The highest BCUT2D eigenvalue weighted by Crippen LogP contribution is 2.12. The lowest BCUT2D eigenvalue weighted by atomic mass is 10.0. The first kappa shape index (κ1) is 19.1. The molecule has 142 valence electrons. The third-order valence-corrected chi connectivity index (χ3v) is 4.72. The van der Waals surface area contributed by atoms with Gasteiger partial charge in [0.15, 0.2) is 11.6 Å². The molecule has 0 amide bonds. The zero-order valence-corrected chi connectivity index (χ0v) is 16.2. The first-order chi connectivity index (χ1) is 14.7. The molecule has 0 saturated heterocycles. The van der Waals surface area contributed by atoms with Gasteiger partial charge in [-0.2, -0.15) is 0 Å². The summed E-state index contributed by atoms with van der Waals surface area (Å²) >= 11 is 0. The molecular formula is C28H18O2. The molecule has 0 unspecified atom stereocenters. The molecule has 0 aliphatic carbocycles. The average Bonchev–Trinajstić information content (AvgIpc) is 2.83. The van der Waals surface area contributed by atoms with Crippen molar-refractivity contribution in [1.29, 1.82) is 0 Å². The summed E-state index contributed by atoms with van der Waals surface area (Å²) in [5.41, 5.74) is 4.25. The van der Waals surface area contributed by atoms with Crippen molar-refractivity contribution in [2.24, 2.45) is 0 Å². The Morgan fingerprint density at radius 3 is 1.03 bits per heavy atom. The fourth-order valence-corrected chi connectivity index (χ4v) is 3.07. The molecule has 0 atom stereocenters. The molecule has 30 heavy (non-hydrogen) atoms. The van der Waals surface area contributed by atoms with Crippen molar-refractivity contribution < 1.29 is 9.59 Å². The second kappa shape index (κ2) is 8.86. The lowest BCUT2D eigenvalue weighted by molar-refractivity contribution is 0.103. The topological polar surface area (TPSA) is 34.1 Å². The molecule has 0 heterocycles. The smallest absolute Gasteiger partial charge is 0.193 e. The maximum Gasteiger partial charge on any atom is 0.193 e. The summed E-state index contributed by atoms with van der Waals surface area (Å²) in [6.45, 7) is 0. The van der Waals surface area contributed by atoms with E-state index >= 15 is 0 Å². The average molecular weight is 386 g/mol. The van der Waals surface area contributed by atoms with Crippen LogP contribution in [0.4, 0.5) is 0 Å². The van der Waals surface area contributed by atoms with E-state index in [1.54, 1.807) is 24.3 Å². The summed E-state index contributed by atoms with van der Waals surface area (Å²) in [6, 6.07) is 33.0. The molecule has 0 radical (unpaired) electrons. The third-order valence-electron chi connectivity index (χ3n) is 4.72. The molecule has 0 bridgehead atoms. The van der Waals surface area contributed by atoms with Crippen molar-refractivity contribution in [1.82, 2.24) is 0 Å². The van der Waals surface area contributed by atoms with E-state index in [4.69, 9.17) is 0 Å². The number of carbonyl (C=O) groups is 2. The van der Waals surface area contributed by atoms with Crippen LogP contribution >= 0.6 is 0 Å². The highest BCUT2D eigenvalue weighted by molar-refractivity contribution is 6.09. The molecule has 2 nitrogen and oxygen atoms in total. The van der Waals surface area contributed by atoms with Crippen LogP contribution in [0, 0.1) is 11.8 Å². The van der Waals surface area contributed by atoms with Crippen molar-refractivity contribution in [2.45, 2.75) is 0 Å².